The van der Waals surface area contributed by atoms with Crippen molar-refractivity contribution in [2.45, 2.75) is 32.4 Å². The van der Waals surface area contributed by atoms with Gasteiger partial charge in [0.15, 0.2) is 0 Å². The van der Waals surface area contributed by atoms with Crippen LogP contribution >= 0.6 is 0 Å². The molecule has 3 aromatic rings. The second-order valence-corrected chi connectivity index (χ2v) is 7.14. The predicted molar refractivity (Wildman–Crippen MR) is 108 cm³/mol. The molecule has 1 saturated heterocycles. The van der Waals surface area contributed by atoms with Crippen LogP contribution in [-0.4, -0.2) is 27.4 Å². The molecule has 29 heavy (non-hydrogen) atoms. The zero-order chi connectivity index (χ0) is 20.6. The van der Waals surface area contributed by atoms with E-state index in [2.05, 4.69) is 27.9 Å². The summed E-state index contributed by atoms with van der Waals surface area (Å²) in [6.07, 6.45) is 0.895. The number of fused-ring (bicyclic) bond motifs is 1. The fraction of sp³-hybridized carbons (Fsp3) is 0.238. The standard InChI is InChI=1S/C21H21N5O3/c1-3-11-26-16-10-5-4-9-15(16)22-19(26)23-17(27)13-7-6-8-14(12-13)21(2)18(28)24-20(29)25-21/h4-10,12H,3,11H2,1-2H3,(H,22,23,27)(H2,24,25,28,29). The first kappa shape index (κ1) is 18.7. The van der Waals surface area contributed by atoms with E-state index in [9.17, 15) is 14.4 Å². The van der Waals surface area contributed by atoms with Crippen LogP contribution in [0, 0.1) is 0 Å². The van der Waals surface area contributed by atoms with Crippen molar-refractivity contribution in [3.05, 3.63) is 59.7 Å². The number of aryl methyl sites for hydroxylation is 1. The van der Waals surface area contributed by atoms with E-state index in [0.717, 1.165) is 24.0 Å². The van der Waals surface area contributed by atoms with Gasteiger partial charge in [0.1, 0.15) is 5.54 Å². The third-order valence-corrected chi connectivity index (χ3v) is 5.07. The normalized spacial score (nSPS) is 18.6. The summed E-state index contributed by atoms with van der Waals surface area (Å²) < 4.78 is 1.98. The Hall–Kier alpha value is -3.68. The second-order valence-electron chi connectivity index (χ2n) is 7.14. The van der Waals surface area contributed by atoms with Crippen LogP contribution < -0.4 is 16.0 Å². The van der Waals surface area contributed by atoms with Crippen LogP contribution in [0.5, 0.6) is 0 Å². The minimum absolute atomic E-state index is 0.340. The van der Waals surface area contributed by atoms with Gasteiger partial charge in [-0.15, -0.1) is 0 Å². The molecule has 1 fully saturated rings. The first-order valence-corrected chi connectivity index (χ1v) is 9.43. The molecule has 0 bridgehead atoms. The van der Waals surface area contributed by atoms with E-state index in [1.165, 1.54) is 0 Å². The van der Waals surface area contributed by atoms with Crippen molar-refractivity contribution in [1.82, 2.24) is 20.2 Å². The maximum atomic E-state index is 12.9. The van der Waals surface area contributed by atoms with Gasteiger partial charge in [0.25, 0.3) is 11.8 Å². The van der Waals surface area contributed by atoms with Crippen LogP contribution in [0.25, 0.3) is 11.0 Å². The van der Waals surface area contributed by atoms with Crippen molar-refractivity contribution in [3.8, 4) is 0 Å². The number of benzene rings is 2. The van der Waals surface area contributed by atoms with Crippen LogP contribution in [0.1, 0.15) is 36.2 Å². The fourth-order valence-corrected chi connectivity index (χ4v) is 3.51. The van der Waals surface area contributed by atoms with Crippen LogP contribution in [0.4, 0.5) is 10.7 Å². The average molecular weight is 391 g/mol. The van der Waals surface area contributed by atoms with Gasteiger partial charge in [0.05, 0.1) is 11.0 Å². The largest absolute Gasteiger partial charge is 0.322 e. The van der Waals surface area contributed by atoms with Gasteiger partial charge in [0, 0.05) is 12.1 Å². The summed E-state index contributed by atoms with van der Waals surface area (Å²) in [6, 6.07) is 13.8. The van der Waals surface area contributed by atoms with Gasteiger partial charge in [-0.1, -0.05) is 31.2 Å². The number of hydrogen-bond acceptors (Lipinski definition) is 4. The minimum Gasteiger partial charge on any atom is -0.320 e. The number of nitrogens with one attached hydrogen (secondary N) is 3. The topological polar surface area (TPSA) is 105 Å². The number of carbonyl (C=O) groups excluding carboxylic acids is 3. The first-order valence-electron chi connectivity index (χ1n) is 9.43. The molecule has 4 rings (SSSR count). The number of nitrogens with zero attached hydrogens (tertiary/aromatic N) is 2. The molecular formula is C21H21N5O3. The molecule has 0 radical (unpaired) electrons. The van der Waals surface area contributed by atoms with Gasteiger partial charge in [0.2, 0.25) is 5.95 Å². The van der Waals surface area contributed by atoms with Crippen molar-refractivity contribution >= 4 is 34.8 Å². The molecule has 1 unspecified atom stereocenters. The van der Waals surface area contributed by atoms with Gasteiger partial charge < -0.3 is 9.88 Å². The highest BCUT2D eigenvalue weighted by Gasteiger charge is 2.43. The quantitative estimate of drug-likeness (QED) is 0.582. The summed E-state index contributed by atoms with van der Waals surface area (Å²) in [5, 5.41) is 7.71. The minimum atomic E-state index is -1.22. The lowest BCUT2D eigenvalue weighted by Crippen LogP contribution is -2.40. The zero-order valence-electron chi connectivity index (χ0n) is 16.2. The Bertz CT molecular complexity index is 1140. The van der Waals surface area contributed by atoms with Crippen LogP contribution in [0.2, 0.25) is 0 Å². The number of aromatic nitrogens is 2. The Labute approximate surface area is 167 Å². The summed E-state index contributed by atoms with van der Waals surface area (Å²) in [7, 11) is 0. The summed E-state index contributed by atoms with van der Waals surface area (Å²) >= 11 is 0. The summed E-state index contributed by atoms with van der Waals surface area (Å²) in [6.45, 7) is 4.39. The summed E-state index contributed by atoms with van der Waals surface area (Å²) in [5.74, 6) is -0.320. The van der Waals surface area contributed by atoms with Crippen molar-refractivity contribution in [1.29, 1.82) is 0 Å². The van der Waals surface area contributed by atoms with Crippen LogP contribution in [0.15, 0.2) is 48.5 Å². The van der Waals surface area contributed by atoms with Gasteiger partial charge >= 0.3 is 6.03 Å². The molecule has 8 nitrogen and oxygen atoms in total. The van der Waals surface area contributed by atoms with Gasteiger partial charge in [-0.05, 0) is 43.2 Å². The number of rotatable bonds is 5. The molecule has 3 N–H and O–H groups in total. The summed E-state index contributed by atoms with van der Waals surface area (Å²) in [5.41, 5.74) is 1.44. The van der Waals surface area contributed by atoms with Crippen LogP contribution in [-0.2, 0) is 16.9 Å². The number of para-hydroxylation sites is 2. The Kier molecular flexibility index (Phi) is 4.54. The number of imide groups is 1. The fourth-order valence-electron chi connectivity index (χ4n) is 3.51. The molecule has 0 aliphatic carbocycles. The number of carbonyl (C=O) groups is 3. The monoisotopic (exact) mass is 391 g/mol. The molecule has 148 valence electrons. The first-order chi connectivity index (χ1) is 13.9. The lowest BCUT2D eigenvalue weighted by atomic mass is 9.91. The van der Waals surface area contributed by atoms with E-state index in [1.54, 1.807) is 31.2 Å². The average Bonchev–Trinajstić information content (AvgIpc) is 3.18. The van der Waals surface area contributed by atoms with Crippen LogP contribution in [0.3, 0.4) is 0 Å². The van der Waals surface area contributed by atoms with E-state index >= 15 is 0 Å². The smallest absolute Gasteiger partial charge is 0.320 e. The van der Waals surface area contributed by atoms with E-state index in [-0.39, 0.29) is 5.91 Å². The van der Waals surface area contributed by atoms with E-state index < -0.39 is 17.5 Å². The van der Waals surface area contributed by atoms with Crippen molar-refractivity contribution in [2.75, 3.05) is 5.32 Å². The molecule has 2 aromatic carbocycles. The molecule has 1 atom stereocenters. The molecule has 1 aliphatic rings. The SMILES string of the molecule is CCCn1c(NC(=O)c2cccc(C3(C)NC(=O)NC3=O)c2)nc2ccccc21. The number of anilines is 1. The third kappa shape index (κ3) is 3.22. The molecule has 1 aromatic heterocycles. The molecule has 2 heterocycles. The number of amides is 4. The third-order valence-electron chi connectivity index (χ3n) is 5.07. The van der Waals surface area contributed by atoms with E-state index in [4.69, 9.17) is 0 Å². The number of imidazole rings is 1. The van der Waals surface area contributed by atoms with Gasteiger partial charge in [-0.3, -0.25) is 20.2 Å². The predicted octanol–water partition coefficient (Wildman–Crippen LogP) is 2.75. The van der Waals surface area contributed by atoms with Crippen molar-refractivity contribution in [2.24, 2.45) is 0 Å². The number of hydrogen-bond donors (Lipinski definition) is 3. The van der Waals surface area contributed by atoms with Gasteiger partial charge in [-0.25, -0.2) is 9.78 Å². The van der Waals surface area contributed by atoms with E-state index in [1.807, 2.05) is 28.8 Å². The van der Waals surface area contributed by atoms with Crippen molar-refractivity contribution in [3.63, 3.8) is 0 Å². The molecule has 4 amide bonds. The molecule has 1 aliphatic heterocycles. The maximum Gasteiger partial charge on any atom is 0.322 e. The maximum absolute atomic E-state index is 12.9. The van der Waals surface area contributed by atoms with Gasteiger partial charge in [-0.2, -0.15) is 0 Å². The highest BCUT2D eigenvalue weighted by molar-refractivity contribution is 6.08. The lowest BCUT2D eigenvalue weighted by molar-refractivity contribution is -0.123. The highest BCUT2D eigenvalue weighted by atomic mass is 16.2. The zero-order valence-corrected chi connectivity index (χ0v) is 16.2. The Morgan fingerprint density at radius 3 is 2.69 bits per heavy atom. The Morgan fingerprint density at radius 1 is 1.17 bits per heavy atom. The molecular weight excluding hydrogens is 370 g/mol. The number of urea groups is 1. The molecule has 8 heteroatoms. The van der Waals surface area contributed by atoms with Crippen molar-refractivity contribution < 1.29 is 14.4 Å². The lowest BCUT2D eigenvalue weighted by Gasteiger charge is -2.21. The summed E-state index contributed by atoms with van der Waals surface area (Å²) in [4.78, 5) is 41.2. The second kappa shape index (κ2) is 7.05. The van der Waals surface area contributed by atoms with E-state index in [0.29, 0.717) is 17.1 Å². The molecule has 0 spiro atoms. The molecule has 0 saturated carbocycles. The Morgan fingerprint density at radius 2 is 1.97 bits per heavy atom. The Balaban J connectivity index is 1.65. The highest BCUT2D eigenvalue weighted by Crippen LogP contribution is 2.26.